The summed E-state index contributed by atoms with van der Waals surface area (Å²) in [5.74, 6) is 0.0253. The van der Waals surface area contributed by atoms with E-state index in [1.54, 1.807) is 0 Å². The van der Waals surface area contributed by atoms with Gasteiger partial charge in [0.25, 0.3) is 0 Å². The third-order valence-corrected chi connectivity index (χ3v) is 4.62. The van der Waals surface area contributed by atoms with Gasteiger partial charge in [0.2, 0.25) is 10.0 Å². The minimum atomic E-state index is -3.22. The van der Waals surface area contributed by atoms with E-state index in [1.807, 2.05) is 24.3 Å². The van der Waals surface area contributed by atoms with Gasteiger partial charge < -0.3 is 5.11 Å². The van der Waals surface area contributed by atoms with Crippen LogP contribution in [0, 0.1) is 0 Å². The molecule has 5 heteroatoms. The molecule has 0 amide bonds. The lowest BCUT2D eigenvalue weighted by Crippen LogP contribution is -2.28. The highest BCUT2D eigenvalue weighted by Crippen LogP contribution is 2.25. The number of nitrogens with zero attached hydrogens (tertiary/aromatic N) is 1. The molecule has 0 fully saturated rings. The number of aliphatic hydroxyl groups excluding tert-OH is 1. The van der Waals surface area contributed by atoms with Crippen LogP contribution in [0.3, 0.4) is 0 Å². The van der Waals surface area contributed by atoms with Crippen LogP contribution in [0.1, 0.15) is 17.5 Å². The van der Waals surface area contributed by atoms with Crippen LogP contribution in [-0.4, -0.2) is 30.2 Å². The summed E-state index contributed by atoms with van der Waals surface area (Å²) in [4.78, 5) is 0. The highest BCUT2D eigenvalue weighted by Gasteiger charge is 2.28. The Morgan fingerprint density at radius 1 is 1.19 bits per heavy atom. The molecular formula is C11H15NO3S. The second-order valence-electron chi connectivity index (χ2n) is 3.93. The van der Waals surface area contributed by atoms with Gasteiger partial charge in [0.15, 0.2) is 0 Å². The van der Waals surface area contributed by atoms with Gasteiger partial charge in [0.1, 0.15) is 0 Å². The van der Waals surface area contributed by atoms with Gasteiger partial charge in [-0.2, -0.15) is 4.31 Å². The summed E-state index contributed by atoms with van der Waals surface area (Å²) in [6, 6.07) is 7.75. The molecule has 0 spiro atoms. The van der Waals surface area contributed by atoms with Gasteiger partial charge in [-0.3, -0.25) is 0 Å². The van der Waals surface area contributed by atoms with Crippen molar-refractivity contribution in [2.75, 3.05) is 12.4 Å². The quantitative estimate of drug-likeness (QED) is 0.844. The summed E-state index contributed by atoms with van der Waals surface area (Å²) in [7, 11) is -3.22. The fourth-order valence-corrected chi connectivity index (χ4v) is 3.30. The molecule has 1 heterocycles. The number of sulfonamides is 1. The Bertz CT molecular complexity index is 445. The average Bonchev–Trinajstić information content (AvgIpc) is 2.71. The van der Waals surface area contributed by atoms with E-state index >= 15 is 0 Å². The standard InChI is InChI=1S/C11H15NO3S/c13-6-3-7-16(14,15)12-8-10-4-1-2-5-11(10)9-12/h1-2,4-5,13H,3,6-9H2. The van der Waals surface area contributed by atoms with Gasteiger partial charge >= 0.3 is 0 Å². The van der Waals surface area contributed by atoms with Crippen molar-refractivity contribution in [1.29, 1.82) is 0 Å². The average molecular weight is 241 g/mol. The summed E-state index contributed by atoms with van der Waals surface area (Å²) >= 11 is 0. The maximum absolute atomic E-state index is 11.9. The number of aliphatic hydroxyl groups is 1. The van der Waals surface area contributed by atoms with Crippen molar-refractivity contribution in [1.82, 2.24) is 4.31 Å². The Morgan fingerprint density at radius 2 is 1.75 bits per heavy atom. The predicted molar refractivity (Wildman–Crippen MR) is 61.2 cm³/mol. The lowest BCUT2D eigenvalue weighted by atomic mass is 10.1. The normalized spacial score (nSPS) is 16.3. The molecule has 0 bridgehead atoms. The van der Waals surface area contributed by atoms with Gasteiger partial charge in [-0.05, 0) is 17.5 Å². The van der Waals surface area contributed by atoms with Crippen LogP contribution in [-0.2, 0) is 23.1 Å². The number of hydrogen-bond acceptors (Lipinski definition) is 3. The monoisotopic (exact) mass is 241 g/mol. The van der Waals surface area contributed by atoms with Crippen molar-refractivity contribution >= 4 is 10.0 Å². The van der Waals surface area contributed by atoms with Crippen molar-refractivity contribution < 1.29 is 13.5 Å². The predicted octanol–water partition coefficient (Wildman–Crippen LogP) is 0.714. The fraction of sp³-hybridized carbons (Fsp3) is 0.455. The van der Waals surface area contributed by atoms with E-state index in [-0.39, 0.29) is 12.4 Å². The first-order chi connectivity index (χ1) is 7.63. The summed E-state index contributed by atoms with van der Waals surface area (Å²) < 4.78 is 25.2. The van der Waals surface area contributed by atoms with Gasteiger partial charge in [0.05, 0.1) is 5.75 Å². The lowest BCUT2D eigenvalue weighted by molar-refractivity contribution is 0.294. The van der Waals surface area contributed by atoms with E-state index in [2.05, 4.69) is 0 Å². The van der Waals surface area contributed by atoms with E-state index in [4.69, 9.17) is 5.11 Å². The molecule has 1 aliphatic rings. The molecule has 1 aromatic carbocycles. The molecule has 0 unspecified atom stereocenters. The van der Waals surface area contributed by atoms with Gasteiger partial charge in [-0.1, -0.05) is 24.3 Å². The first-order valence-electron chi connectivity index (χ1n) is 5.29. The van der Waals surface area contributed by atoms with Gasteiger partial charge in [-0.15, -0.1) is 0 Å². The summed E-state index contributed by atoms with van der Waals surface area (Å²) in [6.45, 7) is 0.841. The SMILES string of the molecule is O=S(=O)(CCCO)N1Cc2ccccc2C1. The number of fused-ring (bicyclic) bond motifs is 1. The molecule has 88 valence electrons. The van der Waals surface area contributed by atoms with E-state index in [9.17, 15) is 8.42 Å². The largest absolute Gasteiger partial charge is 0.396 e. The van der Waals surface area contributed by atoms with E-state index in [1.165, 1.54) is 4.31 Å². The Kier molecular flexibility index (Phi) is 3.28. The van der Waals surface area contributed by atoms with E-state index < -0.39 is 10.0 Å². The summed E-state index contributed by atoms with van der Waals surface area (Å²) in [6.07, 6.45) is 0.301. The topological polar surface area (TPSA) is 57.6 Å². The molecule has 1 aromatic rings. The van der Waals surface area contributed by atoms with E-state index in [0.29, 0.717) is 19.5 Å². The molecule has 1 aliphatic heterocycles. The molecule has 1 N–H and O–H groups in total. The molecule has 0 aromatic heterocycles. The number of benzene rings is 1. The zero-order valence-corrected chi connectivity index (χ0v) is 9.78. The fourth-order valence-electron chi connectivity index (χ4n) is 1.87. The maximum Gasteiger partial charge on any atom is 0.214 e. The first-order valence-corrected chi connectivity index (χ1v) is 6.90. The first kappa shape index (κ1) is 11.6. The molecule has 0 atom stereocenters. The Morgan fingerprint density at radius 3 is 2.25 bits per heavy atom. The molecule has 0 aliphatic carbocycles. The van der Waals surface area contributed by atoms with Crippen LogP contribution in [0.15, 0.2) is 24.3 Å². The summed E-state index contributed by atoms with van der Waals surface area (Å²) in [5.41, 5.74) is 2.16. The zero-order valence-electron chi connectivity index (χ0n) is 8.96. The van der Waals surface area contributed by atoms with Crippen molar-refractivity contribution in [3.8, 4) is 0 Å². The zero-order chi connectivity index (χ0) is 11.6. The third kappa shape index (κ3) is 2.26. The minimum Gasteiger partial charge on any atom is -0.396 e. The van der Waals surface area contributed by atoms with E-state index in [0.717, 1.165) is 11.1 Å². The van der Waals surface area contributed by atoms with Crippen LogP contribution in [0.4, 0.5) is 0 Å². The highest BCUT2D eigenvalue weighted by atomic mass is 32.2. The van der Waals surface area contributed by atoms with Gasteiger partial charge in [-0.25, -0.2) is 8.42 Å². The Hall–Kier alpha value is -0.910. The van der Waals surface area contributed by atoms with Crippen LogP contribution >= 0.6 is 0 Å². The van der Waals surface area contributed by atoms with Crippen molar-refractivity contribution in [3.05, 3.63) is 35.4 Å². The molecule has 0 saturated carbocycles. The molecule has 4 nitrogen and oxygen atoms in total. The Labute approximate surface area is 95.6 Å². The lowest BCUT2D eigenvalue weighted by Gasteiger charge is -2.14. The highest BCUT2D eigenvalue weighted by molar-refractivity contribution is 7.89. The van der Waals surface area contributed by atoms with Crippen molar-refractivity contribution in [3.63, 3.8) is 0 Å². The number of rotatable bonds is 4. The van der Waals surface area contributed by atoms with Crippen LogP contribution in [0.25, 0.3) is 0 Å². The third-order valence-electron chi connectivity index (χ3n) is 2.77. The molecule has 16 heavy (non-hydrogen) atoms. The summed E-state index contributed by atoms with van der Waals surface area (Å²) in [5, 5.41) is 8.66. The van der Waals surface area contributed by atoms with Gasteiger partial charge in [0, 0.05) is 19.7 Å². The molecule has 0 radical (unpaired) electrons. The maximum atomic E-state index is 11.9. The van der Waals surface area contributed by atoms with Crippen LogP contribution in [0.5, 0.6) is 0 Å². The molecule has 0 saturated heterocycles. The minimum absolute atomic E-state index is 0.0253. The second kappa shape index (κ2) is 4.53. The smallest absolute Gasteiger partial charge is 0.214 e. The molecule has 2 rings (SSSR count). The second-order valence-corrected chi connectivity index (χ2v) is 6.02. The molecular weight excluding hydrogens is 226 g/mol. The van der Waals surface area contributed by atoms with Crippen molar-refractivity contribution in [2.45, 2.75) is 19.5 Å². The Balaban J connectivity index is 2.11. The van der Waals surface area contributed by atoms with Crippen LogP contribution in [0.2, 0.25) is 0 Å². The van der Waals surface area contributed by atoms with Crippen molar-refractivity contribution in [2.24, 2.45) is 0 Å². The number of hydrogen-bond donors (Lipinski definition) is 1. The van der Waals surface area contributed by atoms with Crippen LogP contribution < -0.4 is 0 Å².